The molecule has 6 rings (SSSR count). The molecule has 2 unspecified atom stereocenters. The second kappa shape index (κ2) is 7.38. The summed E-state index contributed by atoms with van der Waals surface area (Å²) < 4.78 is 19.8. The van der Waals surface area contributed by atoms with Crippen LogP contribution in [0.2, 0.25) is 0 Å². The zero-order chi connectivity index (χ0) is 20.9. The first-order valence-electron chi connectivity index (χ1n) is 11.0. The molecule has 0 N–H and O–H groups in total. The number of amides is 1. The number of nitrogens with zero attached hydrogens (tertiary/aromatic N) is 2. The highest BCUT2D eigenvalue weighted by Gasteiger charge is 2.50. The van der Waals surface area contributed by atoms with E-state index in [9.17, 15) is 9.18 Å². The molecule has 0 aromatic heterocycles. The minimum atomic E-state index is -0.272. The maximum absolute atomic E-state index is 13.6. The Bertz CT molecular complexity index is 934. The van der Waals surface area contributed by atoms with E-state index in [0.717, 1.165) is 43.5 Å². The second-order valence-corrected chi connectivity index (χ2v) is 9.38. The standard InChI is InChI=1S/C25H29FN2O2/c1-25(2)23(19-11-14-27(25)15-12-19)30-24(29)28-16-13-17-5-3-4-6-21(17)22(28)18-7-9-20(26)10-8-18/h3-10,19,22-23H,11-16H2,1-2H3. The maximum Gasteiger partial charge on any atom is 0.410 e. The van der Waals surface area contributed by atoms with Crippen LogP contribution >= 0.6 is 0 Å². The van der Waals surface area contributed by atoms with E-state index in [1.807, 2.05) is 17.0 Å². The first kappa shape index (κ1) is 19.6. The van der Waals surface area contributed by atoms with Crippen LogP contribution in [-0.4, -0.2) is 47.2 Å². The minimum absolute atomic E-state index is 0.0986. The number of halogens is 1. The molecule has 3 fully saturated rings. The number of piperidine rings is 3. The van der Waals surface area contributed by atoms with Gasteiger partial charge in [-0.25, -0.2) is 9.18 Å². The Kier molecular flexibility index (Phi) is 4.81. The highest BCUT2D eigenvalue weighted by atomic mass is 19.1. The lowest BCUT2D eigenvalue weighted by Crippen LogP contribution is -2.65. The van der Waals surface area contributed by atoms with Gasteiger partial charge in [0.05, 0.1) is 11.6 Å². The topological polar surface area (TPSA) is 32.8 Å². The van der Waals surface area contributed by atoms with Crippen molar-refractivity contribution in [2.24, 2.45) is 5.92 Å². The molecule has 158 valence electrons. The van der Waals surface area contributed by atoms with Gasteiger partial charge < -0.3 is 4.74 Å². The molecule has 4 heterocycles. The third kappa shape index (κ3) is 3.20. The number of hydrogen-bond acceptors (Lipinski definition) is 3. The van der Waals surface area contributed by atoms with Crippen LogP contribution in [0, 0.1) is 11.7 Å². The van der Waals surface area contributed by atoms with E-state index in [2.05, 4.69) is 30.9 Å². The van der Waals surface area contributed by atoms with Gasteiger partial charge in [-0.1, -0.05) is 36.4 Å². The van der Waals surface area contributed by atoms with Gasteiger partial charge in [0.1, 0.15) is 11.9 Å². The zero-order valence-corrected chi connectivity index (χ0v) is 17.7. The first-order valence-corrected chi connectivity index (χ1v) is 11.0. The normalized spacial score (nSPS) is 29.4. The molecule has 30 heavy (non-hydrogen) atoms. The number of fused-ring (bicyclic) bond motifs is 4. The second-order valence-electron chi connectivity index (χ2n) is 9.38. The molecule has 2 bridgehead atoms. The van der Waals surface area contributed by atoms with Gasteiger partial charge in [0.25, 0.3) is 0 Å². The van der Waals surface area contributed by atoms with Crippen molar-refractivity contribution in [2.75, 3.05) is 19.6 Å². The van der Waals surface area contributed by atoms with E-state index in [-0.39, 0.29) is 29.6 Å². The third-order valence-electron chi connectivity index (χ3n) is 7.41. The summed E-state index contributed by atoms with van der Waals surface area (Å²) in [6.45, 7) is 7.15. The van der Waals surface area contributed by atoms with Crippen molar-refractivity contribution in [1.29, 1.82) is 0 Å². The highest BCUT2D eigenvalue weighted by molar-refractivity contribution is 5.70. The van der Waals surface area contributed by atoms with Crippen molar-refractivity contribution in [2.45, 2.75) is 50.8 Å². The number of benzene rings is 2. The lowest BCUT2D eigenvalue weighted by molar-refractivity contribution is -0.126. The summed E-state index contributed by atoms with van der Waals surface area (Å²) in [4.78, 5) is 17.8. The Labute approximate surface area is 177 Å². The van der Waals surface area contributed by atoms with Gasteiger partial charge in [-0.2, -0.15) is 0 Å². The molecule has 4 nitrogen and oxygen atoms in total. The van der Waals surface area contributed by atoms with E-state index in [4.69, 9.17) is 4.74 Å². The smallest absolute Gasteiger partial charge is 0.410 e. The maximum atomic E-state index is 13.6. The van der Waals surface area contributed by atoms with Gasteiger partial charge in [0.2, 0.25) is 0 Å². The fourth-order valence-corrected chi connectivity index (χ4v) is 5.72. The molecule has 4 aliphatic heterocycles. The minimum Gasteiger partial charge on any atom is -0.444 e. The highest BCUT2D eigenvalue weighted by Crippen LogP contribution is 2.42. The van der Waals surface area contributed by atoms with Crippen molar-refractivity contribution < 1.29 is 13.9 Å². The summed E-state index contributed by atoms with van der Waals surface area (Å²) in [7, 11) is 0. The largest absolute Gasteiger partial charge is 0.444 e. The van der Waals surface area contributed by atoms with Crippen LogP contribution in [0.5, 0.6) is 0 Å². The molecule has 2 aromatic carbocycles. The fourth-order valence-electron chi connectivity index (χ4n) is 5.72. The third-order valence-corrected chi connectivity index (χ3v) is 7.41. The molecule has 0 saturated carbocycles. The van der Waals surface area contributed by atoms with Crippen LogP contribution in [0.15, 0.2) is 48.5 Å². The van der Waals surface area contributed by atoms with Gasteiger partial charge in [0, 0.05) is 12.5 Å². The summed E-state index contributed by atoms with van der Waals surface area (Å²) in [5.41, 5.74) is 3.10. The molecule has 0 spiro atoms. The van der Waals surface area contributed by atoms with E-state index in [0.29, 0.717) is 12.5 Å². The predicted octanol–water partition coefficient (Wildman–Crippen LogP) is 4.78. The lowest BCUT2D eigenvalue weighted by atomic mass is 9.74. The van der Waals surface area contributed by atoms with Crippen molar-refractivity contribution in [3.8, 4) is 0 Å². The quantitative estimate of drug-likeness (QED) is 0.717. The SMILES string of the molecule is CC1(C)C(OC(=O)N2CCc3ccccc3C2c2ccc(F)cc2)C2CCN1CC2. The number of carbonyl (C=O) groups is 1. The molecule has 5 heteroatoms. The number of ether oxygens (including phenoxy) is 1. The van der Waals surface area contributed by atoms with Gasteiger partial charge in [-0.05, 0) is 75.0 Å². The average molecular weight is 409 g/mol. The van der Waals surface area contributed by atoms with Crippen molar-refractivity contribution in [3.63, 3.8) is 0 Å². The Morgan fingerprint density at radius 1 is 1.03 bits per heavy atom. The molecular weight excluding hydrogens is 379 g/mol. The van der Waals surface area contributed by atoms with Crippen LogP contribution in [0.1, 0.15) is 49.4 Å². The first-order chi connectivity index (χ1) is 14.4. The Morgan fingerprint density at radius 2 is 1.73 bits per heavy atom. The summed E-state index contributed by atoms with van der Waals surface area (Å²) in [6.07, 6.45) is 2.62. The van der Waals surface area contributed by atoms with Gasteiger partial charge in [-0.15, -0.1) is 0 Å². The van der Waals surface area contributed by atoms with Gasteiger partial charge in [-0.3, -0.25) is 9.80 Å². The molecule has 3 saturated heterocycles. The summed E-state index contributed by atoms with van der Waals surface area (Å²) >= 11 is 0. The Morgan fingerprint density at radius 3 is 2.43 bits per heavy atom. The summed E-state index contributed by atoms with van der Waals surface area (Å²) in [5, 5.41) is 0. The summed E-state index contributed by atoms with van der Waals surface area (Å²) in [5.74, 6) is 0.154. The van der Waals surface area contributed by atoms with Crippen LogP contribution in [0.4, 0.5) is 9.18 Å². The number of hydrogen-bond donors (Lipinski definition) is 0. The fraction of sp³-hybridized carbons (Fsp3) is 0.480. The van der Waals surface area contributed by atoms with Crippen molar-refractivity contribution in [1.82, 2.24) is 9.80 Å². The zero-order valence-electron chi connectivity index (χ0n) is 17.7. The predicted molar refractivity (Wildman–Crippen MR) is 114 cm³/mol. The lowest BCUT2D eigenvalue weighted by Gasteiger charge is -2.55. The number of carbonyl (C=O) groups excluding carboxylic acids is 1. The molecule has 0 aliphatic carbocycles. The van der Waals surface area contributed by atoms with Crippen LogP contribution in [0.3, 0.4) is 0 Å². The molecule has 0 radical (unpaired) electrons. The van der Waals surface area contributed by atoms with Crippen molar-refractivity contribution >= 4 is 6.09 Å². The van der Waals surface area contributed by atoms with E-state index >= 15 is 0 Å². The summed E-state index contributed by atoms with van der Waals surface area (Å²) in [6, 6.07) is 14.4. The van der Waals surface area contributed by atoms with E-state index in [1.165, 1.54) is 17.7 Å². The molecular formula is C25H29FN2O2. The van der Waals surface area contributed by atoms with E-state index < -0.39 is 0 Å². The van der Waals surface area contributed by atoms with Gasteiger partial charge >= 0.3 is 6.09 Å². The van der Waals surface area contributed by atoms with Crippen LogP contribution < -0.4 is 0 Å². The molecule has 2 aromatic rings. The molecule has 4 aliphatic rings. The molecule has 2 atom stereocenters. The monoisotopic (exact) mass is 408 g/mol. The Hall–Kier alpha value is -2.40. The van der Waals surface area contributed by atoms with Crippen LogP contribution in [0.25, 0.3) is 0 Å². The molecule has 1 amide bonds. The average Bonchev–Trinajstić information content (AvgIpc) is 2.76. The van der Waals surface area contributed by atoms with Gasteiger partial charge in [0.15, 0.2) is 0 Å². The Balaban J connectivity index is 1.46. The number of rotatable bonds is 2. The van der Waals surface area contributed by atoms with E-state index in [1.54, 1.807) is 12.1 Å². The van der Waals surface area contributed by atoms with Crippen molar-refractivity contribution in [3.05, 3.63) is 71.0 Å². The van der Waals surface area contributed by atoms with Crippen LogP contribution in [-0.2, 0) is 11.2 Å².